The molecule has 0 bridgehead atoms. The summed E-state index contributed by atoms with van der Waals surface area (Å²) in [5.74, 6) is -2.87. The van der Waals surface area contributed by atoms with Crippen molar-refractivity contribution in [2.75, 3.05) is 6.61 Å². The lowest BCUT2D eigenvalue weighted by Gasteiger charge is -2.03. The lowest BCUT2D eigenvalue weighted by atomic mass is 10.2. The van der Waals surface area contributed by atoms with Crippen molar-refractivity contribution in [3.05, 3.63) is 35.2 Å². The maximum Gasteiger partial charge on any atom is 0.362 e. The van der Waals surface area contributed by atoms with Crippen LogP contribution < -0.4 is 0 Å². The van der Waals surface area contributed by atoms with Gasteiger partial charge in [-0.1, -0.05) is 0 Å². The van der Waals surface area contributed by atoms with Crippen molar-refractivity contribution in [3.8, 4) is 5.75 Å². The van der Waals surface area contributed by atoms with Crippen LogP contribution in [0.15, 0.2) is 39.9 Å². The van der Waals surface area contributed by atoms with E-state index < -0.39 is 23.4 Å². The number of aliphatic hydroxyl groups excluding tert-OH is 1. The maximum atomic E-state index is 11.5. The summed E-state index contributed by atoms with van der Waals surface area (Å²) in [5.41, 5.74) is -0.576. The molecule has 0 radical (unpaired) electrons. The zero-order valence-electron chi connectivity index (χ0n) is 11.4. The highest BCUT2D eigenvalue weighted by atomic mass is 16.5. The number of aliphatic hydroxyl groups is 1. The minimum atomic E-state index is -1.20. The zero-order valence-corrected chi connectivity index (χ0v) is 11.4. The van der Waals surface area contributed by atoms with Gasteiger partial charge in [-0.25, -0.2) is 9.59 Å². The van der Waals surface area contributed by atoms with E-state index in [2.05, 4.69) is 15.0 Å². The number of aromatic carboxylic acids is 1. The minimum Gasteiger partial charge on any atom is -0.510 e. The van der Waals surface area contributed by atoms with Crippen LogP contribution in [-0.4, -0.2) is 33.9 Å². The fraction of sp³-hybridized carbons (Fsp3) is 0.231. The summed E-state index contributed by atoms with van der Waals surface area (Å²) in [6, 6.07) is 3.43. The van der Waals surface area contributed by atoms with Gasteiger partial charge in [0.15, 0.2) is 0 Å². The molecule has 0 unspecified atom stereocenters. The van der Waals surface area contributed by atoms with Gasteiger partial charge in [0.05, 0.1) is 12.2 Å². The van der Waals surface area contributed by atoms with Crippen molar-refractivity contribution in [1.29, 1.82) is 0 Å². The molecular formula is C13H14N2O6. The van der Waals surface area contributed by atoms with Crippen molar-refractivity contribution in [2.24, 2.45) is 10.2 Å². The SMILES string of the molecule is CCOC(=O)/C(N=Nc1ccc(C(=O)O)cc1O)=C(/C)O. The first-order chi connectivity index (χ1) is 9.86. The van der Waals surface area contributed by atoms with Crippen LogP contribution in [0.1, 0.15) is 24.2 Å². The number of carbonyl (C=O) groups is 2. The average molecular weight is 294 g/mol. The smallest absolute Gasteiger partial charge is 0.362 e. The number of allylic oxidation sites excluding steroid dienone is 1. The van der Waals surface area contributed by atoms with Gasteiger partial charge in [-0.05, 0) is 32.0 Å². The molecule has 8 nitrogen and oxygen atoms in total. The average Bonchev–Trinajstić information content (AvgIpc) is 2.40. The first-order valence-electron chi connectivity index (χ1n) is 5.91. The standard InChI is InChI=1S/C13H14N2O6/c1-3-21-13(20)11(7(2)16)15-14-9-5-4-8(12(18)19)6-10(9)17/h4-6,16-17H,3H2,1-2H3,(H,18,19)/b11-7+,15-14?. The Bertz CT molecular complexity index is 617. The van der Waals surface area contributed by atoms with Gasteiger partial charge < -0.3 is 20.1 Å². The Kier molecular flexibility index (Phi) is 5.41. The highest BCUT2D eigenvalue weighted by molar-refractivity contribution is 5.89. The molecule has 21 heavy (non-hydrogen) atoms. The predicted molar refractivity (Wildman–Crippen MR) is 71.5 cm³/mol. The molecule has 0 amide bonds. The third-order valence-electron chi connectivity index (χ3n) is 2.29. The van der Waals surface area contributed by atoms with E-state index in [9.17, 15) is 19.8 Å². The lowest BCUT2D eigenvalue weighted by Crippen LogP contribution is -2.07. The third-order valence-corrected chi connectivity index (χ3v) is 2.29. The summed E-state index contributed by atoms with van der Waals surface area (Å²) in [7, 11) is 0. The van der Waals surface area contributed by atoms with Crippen molar-refractivity contribution in [1.82, 2.24) is 0 Å². The summed E-state index contributed by atoms with van der Waals surface area (Å²) in [4.78, 5) is 22.2. The molecular weight excluding hydrogens is 280 g/mol. The number of azo groups is 1. The van der Waals surface area contributed by atoms with E-state index in [0.717, 1.165) is 6.07 Å². The highest BCUT2D eigenvalue weighted by Crippen LogP contribution is 2.28. The molecule has 0 aliphatic heterocycles. The molecule has 1 aromatic rings. The molecule has 0 atom stereocenters. The second-order valence-corrected chi connectivity index (χ2v) is 3.86. The maximum absolute atomic E-state index is 11.5. The van der Waals surface area contributed by atoms with Gasteiger partial charge in [-0.3, -0.25) is 0 Å². The Morgan fingerprint density at radius 3 is 2.43 bits per heavy atom. The Morgan fingerprint density at radius 2 is 1.95 bits per heavy atom. The molecule has 3 N–H and O–H groups in total. The van der Waals surface area contributed by atoms with Crippen molar-refractivity contribution >= 4 is 17.6 Å². The van der Waals surface area contributed by atoms with Crippen LogP contribution in [0, 0.1) is 0 Å². The quantitative estimate of drug-likeness (QED) is 0.331. The molecule has 112 valence electrons. The number of rotatable bonds is 5. The first kappa shape index (κ1) is 16.2. The van der Waals surface area contributed by atoms with Gasteiger partial charge in [0.2, 0.25) is 5.70 Å². The Morgan fingerprint density at radius 1 is 1.29 bits per heavy atom. The van der Waals surface area contributed by atoms with Crippen LogP contribution in [0.4, 0.5) is 5.69 Å². The Hall–Kier alpha value is -2.90. The molecule has 0 saturated carbocycles. The van der Waals surface area contributed by atoms with Crippen molar-refractivity contribution in [3.63, 3.8) is 0 Å². The third kappa shape index (κ3) is 4.30. The van der Waals surface area contributed by atoms with Gasteiger partial charge in [0.1, 0.15) is 17.2 Å². The number of carboxylic acid groups (broad SMARTS) is 1. The van der Waals surface area contributed by atoms with Gasteiger partial charge in [-0.2, -0.15) is 0 Å². The van der Waals surface area contributed by atoms with Crippen molar-refractivity contribution < 1.29 is 29.6 Å². The minimum absolute atomic E-state index is 0.0527. The number of carboxylic acids is 1. The van der Waals surface area contributed by atoms with Gasteiger partial charge in [-0.15, -0.1) is 10.2 Å². The van der Waals surface area contributed by atoms with Crippen LogP contribution in [-0.2, 0) is 9.53 Å². The number of hydrogen-bond acceptors (Lipinski definition) is 7. The topological polar surface area (TPSA) is 129 Å². The van der Waals surface area contributed by atoms with Crippen LogP contribution in [0.2, 0.25) is 0 Å². The van der Waals surface area contributed by atoms with Crippen LogP contribution in [0.5, 0.6) is 5.75 Å². The fourth-order valence-corrected chi connectivity index (χ4v) is 1.31. The Balaban J connectivity index is 3.06. The normalized spacial score (nSPS) is 12.1. The molecule has 0 aliphatic rings. The molecule has 8 heteroatoms. The van der Waals surface area contributed by atoms with E-state index in [-0.39, 0.29) is 23.6 Å². The van der Waals surface area contributed by atoms with Gasteiger partial charge >= 0.3 is 11.9 Å². The number of aromatic hydroxyl groups is 1. The first-order valence-corrected chi connectivity index (χ1v) is 5.91. The number of phenolic OH excluding ortho intramolecular Hbond substituents is 1. The van der Waals surface area contributed by atoms with E-state index in [0.29, 0.717) is 0 Å². The number of ether oxygens (including phenoxy) is 1. The van der Waals surface area contributed by atoms with Crippen LogP contribution in [0.3, 0.4) is 0 Å². The number of nitrogens with zero attached hydrogens (tertiary/aromatic N) is 2. The van der Waals surface area contributed by atoms with Gasteiger partial charge in [0, 0.05) is 0 Å². The van der Waals surface area contributed by atoms with Crippen molar-refractivity contribution in [2.45, 2.75) is 13.8 Å². The van der Waals surface area contributed by atoms with E-state index >= 15 is 0 Å². The number of benzene rings is 1. The Labute approximate surface area is 120 Å². The predicted octanol–water partition coefficient (Wildman–Crippen LogP) is 2.53. The molecule has 0 spiro atoms. The monoisotopic (exact) mass is 294 g/mol. The molecule has 0 aliphatic carbocycles. The van der Waals surface area contributed by atoms with E-state index in [1.165, 1.54) is 19.1 Å². The summed E-state index contributed by atoms with van der Waals surface area (Å²) in [6.45, 7) is 2.93. The lowest BCUT2D eigenvalue weighted by molar-refractivity contribution is -0.138. The van der Waals surface area contributed by atoms with E-state index in [1.807, 2.05) is 0 Å². The van der Waals surface area contributed by atoms with Crippen LogP contribution >= 0.6 is 0 Å². The highest BCUT2D eigenvalue weighted by Gasteiger charge is 2.14. The number of phenols is 1. The molecule has 0 saturated heterocycles. The summed E-state index contributed by atoms with van der Waals surface area (Å²) in [6.07, 6.45) is 0. The van der Waals surface area contributed by atoms with Gasteiger partial charge in [0.25, 0.3) is 0 Å². The summed E-state index contributed by atoms with van der Waals surface area (Å²) >= 11 is 0. The molecule has 1 aromatic carbocycles. The number of hydrogen-bond donors (Lipinski definition) is 3. The summed E-state index contributed by atoms with van der Waals surface area (Å²) < 4.78 is 4.68. The zero-order chi connectivity index (χ0) is 16.0. The van der Waals surface area contributed by atoms with E-state index in [4.69, 9.17) is 5.11 Å². The fourth-order valence-electron chi connectivity index (χ4n) is 1.31. The summed E-state index contributed by atoms with van der Waals surface area (Å²) in [5, 5.41) is 34.9. The number of esters is 1. The molecule has 1 rings (SSSR count). The second kappa shape index (κ2) is 7.04. The molecule has 0 heterocycles. The number of carbonyl (C=O) groups excluding carboxylic acids is 1. The molecule has 0 aromatic heterocycles. The van der Waals surface area contributed by atoms with Crippen LogP contribution in [0.25, 0.3) is 0 Å². The largest absolute Gasteiger partial charge is 0.510 e. The second-order valence-electron chi connectivity index (χ2n) is 3.86. The van der Waals surface area contributed by atoms with E-state index in [1.54, 1.807) is 6.92 Å². The molecule has 0 fully saturated rings.